The molecule has 146 valence electrons. The molecule has 0 aromatic carbocycles. The lowest BCUT2D eigenvalue weighted by atomic mass is 9.92. The molecule has 0 radical (unpaired) electrons. The Bertz CT molecular complexity index is 234. The molecule has 1 heteroatoms. The normalized spacial score (nSPS) is 14.0. The Morgan fingerprint density at radius 2 is 0.708 bits per heavy atom. The molecule has 0 fully saturated rings. The molecule has 0 rings (SSSR count). The van der Waals surface area contributed by atoms with Gasteiger partial charge in [-0.2, -0.15) is 0 Å². The third kappa shape index (κ3) is 18.3. The minimum Gasteiger partial charge on any atom is -0.390 e. The van der Waals surface area contributed by atoms with Crippen LogP contribution in [-0.2, 0) is 0 Å². The summed E-state index contributed by atoms with van der Waals surface area (Å²) in [6, 6.07) is 0. The standard InChI is InChI=1S/C23H48O/c1-4-6-8-9-10-11-12-13-14-15-16-17-18-20-22-23(3,24)21-19-7-5-2/h24H,4-22H2,1-3H3. The van der Waals surface area contributed by atoms with Crippen molar-refractivity contribution < 1.29 is 5.11 Å². The Balaban J connectivity index is 3.19. The van der Waals surface area contributed by atoms with E-state index < -0.39 is 5.60 Å². The van der Waals surface area contributed by atoms with E-state index in [0.29, 0.717) is 0 Å². The fourth-order valence-corrected chi connectivity index (χ4v) is 3.58. The summed E-state index contributed by atoms with van der Waals surface area (Å²) in [4.78, 5) is 0. The molecule has 1 unspecified atom stereocenters. The summed E-state index contributed by atoms with van der Waals surface area (Å²) in [5, 5.41) is 10.3. The van der Waals surface area contributed by atoms with Gasteiger partial charge in [0.15, 0.2) is 0 Å². The van der Waals surface area contributed by atoms with Crippen molar-refractivity contribution in [1.82, 2.24) is 0 Å². The summed E-state index contributed by atoms with van der Waals surface area (Å²) in [7, 11) is 0. The zero-order valence-corrected chi connectivity index (χ0v) is 17.4. The molecule has 0 aromatic heterocycles. The summed E-state index contributed by atoms with van der Waals surface area (Å²) in [6.45, 7) is 6.54. The van der Waals surface area contributed by atoms with Crippen molar-refractivity contribution in [2.45, 2.75) is 148 Å². The molecule has 1 atom stereocenters. The van der Waals surface area contributed by atoms with Crippen LogP contribution in [0.25, 0.3) is 0 Å². The second-order valence-corrected chi connectivity index (χ2v) is 8.30. The van der Waals surface area contributed by atoms with E-state index in [9.17, 15) is 5.11 Å². The van der Waals surface area contributed by atoms with Gasteiger partial charge in [-0.15, -0.1) is 0 Å². The number of aliphatic hydroxyl groups is 1. The number of hydrogen-bond acceptors (Lipinski definition) is 1. The summed E-state index contributed by atoms with van der Waals surface area (Å²) in [6.07, 6.45) is 25.3. The van der Waals surface area contributed by atoms with Crippen molar-refractivity contribution in [1.29, 1.82) is 0 Å². The molecule has 0 spiro atoms. The van der Waals surface area contributed by atoms with Crippen LogP contribution in [0.2, 0.25) is 0 Å². The molecule has 24 heavy (non-hydrogen) atoms. The average Bonchev–Trinajstić information content (AvgIpc) is 2.55. The fourth-order valence-electron chi connectivity index (χ4n) is 3.58. The molecule has 0 heterocycles. The first kappa shape index (κ1) is 24.0. The molecule has 0 bridgehead atoms. The van der Waals surface area contributed by atoms with Gasteiger partial charge in [0.05, 0.1) is 5.60 Å². The predicted molar refractivity (Wildman–Crippen MR) is 110 cm³/mol. The maximum atomic E-state index is 10.3. The van der Waals surface area contributed by atoms with Crippen LogP contribution < -0.4 is 0 Å². The molecule has 0 aromatic rings. The van der Waals surface area contributed by atoms with E-state index in [1.165, 1.54) is 109 Å². The van der Waals surface area contributed by atoms with Crippen LogP contribution in [0.5, 0.6) is 0 Å². The number of hydrogen-bond donors (Lipinski definition) is 1. The lowest BCUT2D eigenvalue weighted by molar-refractivity contribution is 0.0367. The highest BCUT2D eigenvalue weighted by Crippen LogP contribution is 2.22. The third-order valence-corrected chi connectivity index (χ3v) is 5.39. The smallest absolute Gasteiger partial charge is 0.0619 e. The molecular formula is C23H48O. The summed E-state index contributed by atoms with van der Waals surface area (Å²) >= 11 is 0. The highest BCUT2D eigenvalue weighted by molar-refractivity contribution is 4.72. The van der Waals surface area contributed by atoms with Crippen molar-refractivity contribution in [2.75, 3.05) is 0 Å². The number of rotatable bonds is 19. The molecule has 0 aliphatic heterocycles. The molecular weight excluding hydrogens is 292 g/mol. The molecule has 0 aliphatic carbocycles. The number of unbranched alkanes of at least 4 members (excludes halogenated alkanes) is 15. The van der Waals surface area contributed by atoms with Crippen LogP contribution in [0.3, 0.4) is 0 Å². The average molecular weight is 341 g/mol. The maximum absolute atomic E-state index is 10.3. The molecule has 1 N–H and O–H groups in total. The van der Waals surface area contributed by atoms with Gasteiger partial charge in [0.2, 0.25) is 0 Å². The topological polar surface area (TPSA) is 20.2 Å². The van der Waals surface area contributed by atoms with Gasteiger partial charge in [0.1, 0.15) is 0 Å². The molecule has 0 aliphatic rings. The van der Waals surface area contributed by atoms with Gasteiger partial charge in [0, 0.05) is 0 Å². The molecule has 0 amide bonds. The third-order valence-electron chi connectivity index (χ3n) is 5.39. The Morgan fingerprint density at radius 3 is 1.08 bits per heavy atom. The van der Waals surface area contributed by atoms with Gasteiger partial charge >= 0.3 is 0 Å². The lowest BCUT2D eigenvalue weighted by Crippen LogP contribution is -2.23. The van der Waals surface area contributed by atoms with E-state index in [0.717, 1.165) is 12.8 Å². The van der Waals surface area contributed by atoms with Gasteiger partial charge in [-0.1, -0.05) is 123 Å². The van der Waals surface area contributed by atoms with Crippen molar-refractivity contribution in [3.8, 4) is 0 Å². The SMILES string of the molecule is CCCCCCCCCCCCCCCCC(C)(O)CCCCC. The van der Waals surface area contributed by atoms with E-state index >= 15 is 0 Å². The van der Waals surface area contributed by atoms with Crippen molar-refractivity contribution >= 4 is 0 Å². The van der Waals surface area contributed by atoms with E-state index in [2.05, 4.69) is 13.8 Å². The highest BCUT2D eigenvalue weighted by atomic mass is 16.3. The minimum absolute atomic E-state index is 0.410. The Hall–Kier alpha value is -0.0400. The second kappa shape index (κ2) is 17.8. The van der Waals surface area contributed by atoms with Gasteiger partial charge in [0.25, 0.3) is 0 Å². The van der Waals surface area contributed by atoms with Crippen LogP contribution in [0.15, 0.2) is 0 Å². The molecule has 0 saturated heterocycles. The van der Waals surface area contributed by atoms with Gasteiger partial charge in [-0.05, 0) is 19.8 Å². The van der Waals surface area contributed by atoms with E-state index in [4.69, 9.17) is 0 Å². The van der Waals surface area contributed by atoms with Crippen molar-refractivity contribution in [3.05, 3.63) is 0 Å². The first-order valence-electron chi connectivity index (χ1n) is 11.3. The van der Waals surface area contributed by atoms with Crippen LogP contribution >= 0.6 is 0 Å². The Kier molecular flexibility index (Phi) is 17.7. The second-order valence-electron chi connectivity index (χ2n) is 8.30. The largest absolute Gasteiger partial charge is 0.390 e. The minimum atomic E-state index is -0.410. The molecule has 1 nitrogen and oxygen atoms in total. The van der Waals surface area contributed by atoms with Gasteiger partial charge in [-0.3, -0.25) is 0 Å². The zero-order valence-electron chi connectivity index (χ0n) is 17.4. The van der Waals surface area contributed by atoms with E-state index in [-0.39, 0.29) is 0 Å². The molecule has 0 saturated carbocycles. The van der Waals surface area contributed by atoms with Crippen LogP contribution in [-0.4, -0.2) is 10.7 Å². The van der Waals surface area contributed by atoms with Crippen LogP contribution in [0, 0.1) is 0 Å². The lowest BCUT2D eigenvalue weighted by Gasteiger charge is -2.23. The van der Waals surface area contributed by atoms with Crippen molar-refractivity contribution in [3.63, 3.8) is 0 Å². The summed E-state index contributed by atoms with van der Waals surface area (Å²) in [5.41, 5.74) is -0.410. The van der Waals surface area contributed by atoms with Crippen LogP contribution in [0.1, 0.15) is 143 Å². The maximum Gasteiger partial charge on any atom is 0.0619 e. The zero-order chi connectivity index (χ0) is 17.9. The van der Waals surface area contributed by atoms with Gasteiger partial charge < -0.3 is 5.11 Å². The highest BCUT2D eigenvalue weighted by Gasteiger charge is 2.18. The monoisotopic (exact) mass is 340 g/mol. The van der Waals surface area contributed by atoms with Gasteiger partial charge in [-0.25, -0.2) is 0 Å². The fraction of sp³-hybridized carbons (Fsp3) is 1.00. The predicted octanol–water partition coefficient (Wildman–Crippen LogP) is 8.19. The Morgan fingerprint density at radius 1 is 0.458 bits per heavy atom. The quantitative estimate of drug-likeness (QED) is 0.235. The first-order valence-corrected chi connectivity index (χ1v) is 11.3. The summed E-state index contributed by atoms with van der Waals surface area (Å²) < 4.78 is 0. The summed E-state index contributed by atoms with van der Waals surface area (Å²) in [5.74, 6) is 0. The van der Waals surface area contributed by atoms with Crippen LogP contribution in [0.4, 0.5) is 0 Å². The Labute approximate surface area is 154 Å². The van der Waals surface area contributed by atoms with Crippen molar-refractivity contribution in [2.24, 2.45) is 0 Å². The van der Waals surface area contributed by atoms with E-state index in [1.54, 1.807) is 0 Å². The van der Waals surface area contributed by atoms with E-state index in [1.807, 2.05) is 6.92 Å². The first-order chi connectivity index (χ1) is 11.6.